The second kappa shape index (κ2) is 4.67. The molecule has 1 saturated carbocycles. The summed E-state index contributed by atoms with van der Waals surface area (Å²) in [4.78, 5) is 0. The van der Waals surface area contributed by atoms with Crippen LogP contribution in [-0.4, -0.2) is 10.2 Å². The minimum absolute atomic E-state index is 0.274. The molecule has 2 aliphatic rings. The van der Waals surface area contributed by atoms with Gasteiger partial charge in [0.05, 0.1) is 0 Å². The van der Waals surface area contributed by atoms with E-state index in [9.17, 15) is 10.2 Å². The van der Waals surface area contributed by atoms with Crippen molar-refractivity contribution in [1.82, 2.24) is 0 Å². The van der Waals surface area contributed by atoms with Gasteiger partial charge in [-0.3, -0.25) is 0 Å². The normalized spacial score (nSPS) is 29.5. The predicted molar refractivity (Wildman–Crippen MR) is 84.3 cm³/mol. The van der Waals surface area contributed by atoms with E-state index in [1.165, 1.54) is 6.42 Å². The number of phenols is 2. The molecule has 2 aromatic rings. The number of aromatic hydroxyl groups is 2. The first kappa shape index (κ1) is 13.5. The topological polar surface area (TPSA) is 49.7 Å². The van der Waals surface area contributed by atoms with Gasteiger partial charge < -0.3 is 14.9 Å². The molecule has 3 unspecified atom stereocenters. The molecule has 1 aliphatic heterocycles. The van der Waals surface area contributed by atoms with E-state index >= 15 is 0 Å². The lowest BCUT2D eigenvalue weighted by molar-refractivity contribution is -0.00177. The summed E-state index contributed by atoms with van der Waals surface area (Å²) >= 11 is 0. The SMILES string of the molecule is CC1(c2ccc(O)cc2)Oc2ccc(O)cc2C2CCCC21. The molecule has 0 saturated heterocycles. The summed E-state index contributed by atoms with van der Waals surface area (Å²) in [7, 11) is 0. The molecular formula is C19H20O3. The molecular weight excluding hydrogens is 276 g/mol. The molecule has 3 heteroatoms. The molecule has 1 heterocycles. The van der Waals surface area contributed by atoms with Crippen molar-refractivity contribution >= 4 is 0 Å². The maximum absolute atomic E-state index is 9.80. The highest BCUT2D eigenvalue weighted by atomic mass is 16.5. The van der Waals surface area contributed by atoms with Crippen molar-refractivity contribution in [3.05, 3.63) is 53.6 Å². The van der Waals surface area contributed by atoms with E-state index in [2.05, 4.69) is 6.92 Å². The van der Waals surface area contributed by atoms with E-state index in [1.54, 1.807) is 18.2 Å². The quantitative estimate of drug-likeness (QED) is 0.825. The van der Waals surface area contributed by atoms with Crippen LogP contribution in [0.15, 0.2) is 42.5 Å². The first-order valence-corrected chi connectivity index (χ1v) is 7.89. The lowest BCUT2D eigenvalue weighted by atomic mass is 9.72. The molecule has 1 aliphatic carbocycles. The zero-order chi connectivity index (χ0) is 15.3. The fourth-order valence-corrected chi connectivity index (χ4v) is 4.28. The second-order valence-electron chi connectivity index (χ2n) is 6.62. The molecule has 0 spiro atoms. The Kier molecular flexibility index (Phi) is 2.86. The standard InChI is InChI=1S/C19H20O3/c1-19(12-5-7-13(20)8-6-12)17-4-2-3-15(17)16-11-14(21)9-10-18(16)22-19/h5-11,15,17,20-21H,2-4H2,1H3. The number of benzene rings is 2. The van der Waals surface area contributed by atoms with Crippen LogP contribution in [0.3, 0.4) is 0 Å². The van der Waals surface area contributed by atoms with Gasteiger partial charge in [-0.05, 0) is 61.6 Å². The van der Waals surface area contributed by atoms with Gasteiger partial charge in [0.25, 0.3) is 0 Å². The van der Waals surface area contributed by atoms with Crippen LogP contribution in [0.25, 0.3) is 0 Å². The van der Waals surface area contributed by atoms with Crippen molar-refractivity contribution in [3.8, 4) is 17.2 Å². The summed E-state index contributed by atoms with van der Waals surface area (Å²) in [5.41, 5.74) is 1.85. The molecule has 22 heavy (non-hydrogen) atoms. The Morgan fingerprint density at radius 3 is 2.50 bits per heavy atom. The number of hydrogen-bond donors (Lipinski definition) is 2. The molecule has 0 aromatic heterocycles. The Labute approximate surface area is 130 Å². The van der Waals surface area contributed by atoms with Crippen LogP contribution in [0.1, 0.15) is 43.2 Å². The van der Waals surface area contributed by atoms with Crippen LogP contribution >= 0.6 is 0 Å². The van der Waals surface area contributed by atoms with Crippen molar-refractivity contribution in [2.75, 3.05) is 0 Å². The summed E-state index contributed by atoms with van der Waals surface area (Å²) in [6.45, 7) is 2.15. The van der Waals surface area contributed by atoms with Crippen LogP contribution in [0.2, 0.25) is 0 Å². The summed E-state index contributed by atoms with van der Waals surface area (Å²) in [5, 5.41) is 19.3. The van der Waals surface area contributed by atoms with E-state index < -0.39 is 5.60 Å². The van der Waals surface area contributed by atoms with Gasteiger partial charge in [-0.1, -0.05) is 18.6 Å². The number of ether oxygens (including phenoxy) is 1. The first-order valence-electron chi connectivity index (χ1n) is 7.89. The highest BCUT2D eigenvalue weighted by Crippen LogP contribution is 2.56. The third kappa shape index (κ3) is 1.88. The van der Waals surface area contributed by atoms with E-state index in [0.717, 1.165) is 29.7 Å². The van der Waals surface area contributed by atoms with Gasteiger partial charge >= 0.3 is 0 Å². The fourth-order valence-electron chi connectivity index (χ4n) is 4.28. The summed E-state index contributed by atoms with van der Waals surface area (Å²) in [6, 6.07) is 12.8. The average Bonchev–Trinajstić information content (AvgIpc) is 3.00. The predicted octanol–water partition coefficient (Wildman–Crippen LogP) is 4.29. The Balaban J connectivity index is 1.84. The molecule has 0 amide bonds. The van der Waals surface area contributed by atoms with Crippen LogP contribution in [0.5, 0.6) is 17.2 Å². The third-order valence-electron chi connectivity index (χ3n) is 5.38. The maximum Gasteiger partial charge on any atom is 0.135 e. The van der Waals surface area contributed by atoms with Gasteiger partial charge in [0.2, 0.25) is 0 Å². The number of rotatable bonds is 1. The van der Waals surface area contributed by atoms with Crippen LogP contribution in [-0.2, 0) is 5.60 Å². The van der Waals surface area contributed by atoms with Crippen molar-refractivity contribution in [2.45, 2.75) is 37.7 Å². The Bertz CT molecular complexity index is 707. The maximum atomic E-state index is 9.80. The zero-order valence-electron chi connectivity index (χ0n) is 12.6. The van der Waals surface area contributed by atoms with Crippen molar-refractivity contribution in [2.24, 2.45) is 5.92 Å². The van der Waals surface area contributed by atoms with E-state index in [4.69, 9.17) is 4.74 Å². The summed E-state index contributed by atoms with van der Waals surface area (Å²) in [5.74, 6) is 2.27. The largest absolute Gasteiger partial charge is 0.508 e. The lowest BCUT2D eigenvalue weighted by Gasteiger charge is -2.44. The van der Waals surface area contributed by atoms with Crippen LogP contribution < -0.4 is 4.74 Å². The van der Waals surface area contributed by atoms with Crippen LogP contribution in [0, 0.1) is 5.92 Å². The van der Waals surface area contributed by atoms with Crippen molar-refractivity contribution in [3.63, 3.8) is 0 Å². The lowest BCUT2D eigenvalue weighted by Crippen LogP contribution is -2.42. The molecule has 2 N–H and O–H groups in total. The minimum atomic E-state index is -0.390. The molecule has 1 fully saturated rings. The van der Waals surface area contributed by atoms with Gasteiger partial charge in [0.15, 0.2) is 0 Å². The number of phenolic OH excluding ortho intramolecular Hbond substituents is 2. The van der Waals surface area contributed by atoms with Gasteiger partial charge in [-0.2, -0.15) is 0 Å². The Hall–Kier alpha value is -2.16. The van der Waals surface area contributed by atoms with Gasteiger partial charge in [-0.15, -0.1) is 0 Å². The highest BCUT2D eigenvalue weighted by molar-refractivity contribution is 5.47. The summed E-state index contributed by atoms with van der Waals surface area (Å²) in [6.07, 6.45) is 3.44. The number of fused-ring (bicyclic) bond motifs is 3. The van der Waals surface area contributed by atoms with E-state index in [1.807, 2.05) is 24.3 Å². The molecule has 2 aromatic carbocycles. The molecule has 4 rings (SSSR count). The van der Waals surface area contributed by atoms with Crippen LogP contribution in [0.4, 0.5) is 0 Å². The minimum Gasteiger partial charge on any atom is -0.508 e. The highest BCUT2D eigenvalue weighted by Gasteiger charge is 2.49. The number of hydrogen-bond acceptors (Lipinski definition) is 3. The monoisotopic (exact) mass is 296 g/mol. The molecule has 0 radical (unpaired) electrons. The molecule has 3 nitrogen and oxygen atoms in total. The zero-order valence-corrected chi connectivity index (χ0v) is 12.6. The van der Waals surface area contributed by atoms with E-state index in [0.29, 0.717) is 17.6 Å². The van der Waals surface area contributed by atoms with Gasteiger partial charge in [0, 0.05) is 11.5 Å². The van der Waals surface area contributed by atoms with Gasteiger partial charge in [-0.25, -0.2) is 0 Å². The average molecular weight is 296 g/mol. The summed E-state index contributed by atoms with van der Waals surface area (Å²) < 4.78 is 6.42. The molecule has 3 atom stereocenters. The Morgan fingerprint density at radius 2 is 1.73 bits per heavy atom. The van der Waals surface area contributed by atoms with Crippen molar-refractivity contribution in [1.29, 1.82) is 0 Å². The Morgan fingerprint density at radius 1 is 1.00 bits per heavy atom. The fraction of sp³-hybridized carbons (Fsp3) is 0.368. The first-order chi connectivity index (χ1) is 10.6. The van der Waals surface area contributed by atoms with Crippen molar-refractivity contribution < 1.29 is 14.9 Å². The third-order valence-corrected chi connectivity index (χ3v) is 5.38. The molecule has 0 bridgehead atoms. The van der Waals surface area contributed by atoms with Gasteiger partial charge in [0.1, 0.15) is 22.8 Å². The van der Waals surface area contributed by atoms with E-state index in [-0.39, 0.29) is 5.75 Å². The second-order valence-corrected chi connectivity index (χ2v) is 6.62. The smallest absolute Gasteiger partial charge is 0.135 e. The molecule has 114 valence electrons.